The third-order valence-corrected chi connectivity index (χ3v) is 11.3. The van der Waals surface area contributed by atoms with Crippen molar-refractivity contribution >= 4 is 71.3 Å². The molecule has 0 radical (unpaired) electrons. The summed E-state index contributed by atoms with van der Waals surface area (Å²) in [6.45, 7) is 0. The number of anilines is 3. The minimum atomic E-state index is 0.907. The van der Waals surface area contributed by atoms with Crippen LogP contribution < -0.4 is 4.90 Å². The van der Waals surface area contributed by atoms with E-state index in [9.17, 15) is 0 Å². The van der Waals surface area contributed by atoms with E-state index < -0.39 is 0 Å². The van der Waals surface area contributed by atoms with Crippen molar-refractivity contribution in [3.8, 4) is 33.4 Å². The molecule has 2 heteroatoms. The minimum Gasteiger partial charge on any atom is -0.456 e. The summed E-state index contributed by atoms with van der Waals surface area (Å²) in [6.07, 6.45) is 0. The van der Waals surface area contributed by atoms with Gasteiger partial charge < -0.3 is 9.32 Å². The molecule has 1 aromatic heterocycles. The molecule has 2 nitrogen and oxygen atoms in total. The maximum absolute atomic E-state index is 6.13. The van der Waals surface area contributed by atoms with Crippen LogP contribution in [0.2, 0.25) is 0 Å². The molecule has 56 heavy (non-hydrogen) atoms. The van der Waals surface area contributed by atoms with Gasteiger partial charge in [-0.3, -0.25) is 0 Å². The van der Waals surface area contributed by atoms with Crippen molar-refractivity contribution in [1.29, 1.82) is 0 Å². The van der Waals surface area contributed by atoms with Crippen LogP contribution >= 0.6 is 0 Å². The number of hydrogen-bond acceptors (Lipinski definition) is 2. The summed E-state index contributed by atoms with van der Waals surface area (Å²) in [4.78, 5) is 2.38. The molecule has 0 aliphatic carbocycles. The molecule has 0 saturated carbocycles. The van der Waals surface area contributed by atoms with Crippen LogP contribution in [-0.4, -0.2) is 0 Å². The number of benzene rings is 10. The van der Waals surface area contributed by atoms with Gasteiger partial charge in [-0.05, 0) is 126 Å². The first-order valence-electron chi connectivity index (χ1n) is 19.2. The second kappa shape index (κ2) is 13.2. The highest BCUT2D eigenvalue weighted by molar-refractivity contribution is 6.25. The van der Waals surface area contributed by atoms with Gasteiger partial charge >= 0.3 is 0 Å². The lowest BCUT2D eigenvalue weighted by atomic mass is 9.94. The van der Waals surface area contributed by atoms with E-state index in [1.54, 1.807) is 0 Å². The fourth-order valence-corrected chi connectivity index (χ4v) is 8.50. The fraction of sp³-hybridized carbons (Fsp3) is 0. The molecule has 11 rings (SSSR count). The molecule has 0 saturated heterocycles. The molecule has 10 aromatic carbocycles. The van der Waals surface area contributed by atoms with E-state index in [-0.39, 0.29) is 0 Å². The predicted octanol–water partition coefficient (Wildman–Crippen LogP) is 15.5. The Labute approximate surface area is 325 Å². The van der Waals surface area contributed by atoms with Gasteiger partial charge in [-0.15, -0.1) is 0 Å². The molecule has 0 bridgehead atoms. The van der Waals surface area contributed by atoms with Gasteiger partial charge in [0.2, 0.25) is 0 Å². The SMILES string of the molecule is c1ccc(-c2cccc(-c3ccc(N(c4ccc(-c5ccc6oc7ccccc7c6c5)cc4)c4ccc5c6ccccc6c6ccccc6c5c4)cc3)c2)cc1. The van der Waals surface area contributed by atoms with E-state index in [4.69, 9.17) is 4.42 Å². The van der Waals surface area contributed by atoms with Crippen LogP contribution in [-0.2, 0) is 0 Å². The minimum absolute atomic E-state index is 0.907. The largest absolute Gasteiger partial charge is 0.456 e. The molecule has 0 fully saturated rings. The molecular formula is C54H35NO. The Morgan fingerprint density at radius 2 is 0.661 bits per heavy atom. The summed E-state index contributed by atoms with van der Waals surface area (Å²) in [5.41, 5.74) is 12.2. The summed E-state index contributed by atoms with van der Waals surface area (Å²) in [5, 5.41) is 9.86. The first-order valence-corrected chi connectivity index (χ1v) is 19.2. The second-order valence-corrected chi connectivity index (χ2v) is 14.5. The number of furan rings is 1. The average Bonchev–Trinajstić information content (AvgIpc) is 3.65. The Bertz CT molecular complexity index is 3200. The molecule has 0 spiro atoms. The standard InChI is InChI=1S/C54H35NO/c1-2-11-36(12-3-1)39-13-10-14-40(33-39)37-21-26-42(27-22-37)55(44-30-31-49-47-17-5-4-15-45(47)46-16-6-7-18-48(46)51(49)35-44)43-28-23-38(24-29-43)41-25-32-54-52(34-41)50-19-8-9-20-53(50)56-54/h1-35H. The molecule has 0 aliphatic heterocycles. The number of hydrogen-bond donors (Lipinski definition) is 0. The molecule has 0 unspecified atom stereocenters. The summed E-state index contributed by atoms with van der Waals surface area (Å²) < 4.78 is 6.13. The van der Waals surface area contributed by atoms with Crippen molar-refractivity contribution in [1.82, 2.24) is 0 Å². The number of fused-ring (bicyclic) bond motifs is 9. The third kappa shape index (κ3) is 5.42. The topological polar surface area (TPSA) is 16.4 Å². The predicted molar refractivity (Wildman–Crippen MR) is 237 cm³/mol. The van der Waals surface area contributed by atoms with Crippen molar-refractivity contribution < 1.29 is 4.42 Å². The van der Waals surface area contributed by atoms with Crippen molar-refractivity contribution in [3.63, 3.8) is 0 Å². The van der Waals surface area contributed by atoms with Gasteiger partial charge in [-0.2, -0.15) is 0 Å². The lowest BCUT2D eigenvalue weighted by Gasteiger charge is -2.27. The molecule has 0 atom stereocenters. The maximum Gasteiger partial charge on any atom is 0.135 e. The Kier molecular flexibility index (Phi) is 7.53. The Hall–Kier alpha value is -7.42. The lowest BCUT2D eigenvalue weighted by Crippen LogP contribution is -2.10. The zero-order valence-corrected chi connectivity index (χ0v) is 30.6. The lowest BCUT2D eigenvalue weighted by molar-refractivity contribution is 0.669. The van der Waals surface area contributed by atoms with E-state index in [2.05, 4.69) is 205 Å². The van der Waals surface area contributed by atoms with Gasteiger partial charge in [0.25, 0.3) is 0 Å². The van der Waals surface area contributed by atoms with Crippen LogP contribution in [0, 0.1) is 0 Å². The second-order valence-electron chi connectivity index (χ2n) is 14.5. The van der Waals surface area contributed by atoms with Crippen LogP contribution in [0.5, 0.6) is 0 Å². The molecule has 1 heterocycles. The zero-order chi connectivity index (χ0) is 37.0. The molecule has 0 aliphatic rings. The smallest absolute Gasteiger partial charge is 0.135 e. The van der Waals surface area contributed by atoms with E-state index >= 15 is 0 Å². The number of rotatable bonds is 6. The average molecular weight is 714 g/mol. The highest BCUT2D eigenvalue weighted by Crippen LogP contribution is 2.42. The molecule has 262 valence electrons. The van der Waals surface area contributed by atoms with E-state index in [0.717, 1.165) is 50.1 Å². The van der Waals surface area contributed by atoms with Crippen LogP contribution in [0.4, 0.5) is 17.1 Å². The highest BCUT2D eigenvalue weighted by atomic mass is 16.3. The summed E-state index contributed by atoms with van der Waals surface area (Å²) in [7, 11) is 0. The zero-order valence-electron chi connectivity index (χ0n) is 30.6. The fourth-order valence-electron chi connectivity index (χ4n) is 8.50. The Morgan fingerprint density at radius 1 is 0.232 bits per heavy atom. The van der Waals surface area contributed by atoms with Gasteiger partial charge in [-0.1, -0.05) is 152 Å². The number of para-hydroxylation sites is 1. The van der Waals surface area contributed by atoms with Crippen molar-refractivity contribution in [3.05, 3.63) is 212 Å². The van der Waals surface area contributed by atoms with Crippen molar-refractivity contribution in [2.24, 2.45) is 0 Å². The van der Waals surface area contributed by atoms with Crippen molar-refractivity contribution in [2.45, 2.75) is 0 Å². The van der Waals surface area contributed by atoms with E-state index in [1.807, 2.05) is 12.1 Å². The Balaban J connectivity index is 1.04. The maximum atomic E-state index is 6.13. The molecule has 0 amide bonds. The van der Waals surface area contributed by atoms with Crippen LogP contribution in [0.1, 0.15) is 0 Å². The van der Waals surface area contributed by atoms with Gasteiger partial charge in [-0.25, -0.2) is 0 Å². The third-order valence-electron chi connectivity index (χ3n) is 11.3. The van der Waals surface area contributed by atoms with E-state index in [1.165, 1.54) is 54.6 Å². The van der Waals surface area contributed by atoms with Crippen molar-refractivity contribution in [2.75, 3.05) is 4.90 Å². The Morgan fingerprint density at radius 3 is 1.29 bits per heavy atom. The molecule has 0 N–H and O–H groups in total. The summed E-state index contributed by atoms with van der Waals surface area (Å²) >= 11 is 0. The van der Waals surface area contributed by atoms with Gasteiger partial charge in [0, 0.05) is 27.8 Å². The molecular weight excluding hydrogens is 679 g/mol. The van der Waals surface area contributed by atoms with E-state index in [0.29, 0.717) is 0 Å². The first-order chi connectivity index (χ1) is 27.7. The van der Waals surface area contributed by atoms with Crippen LogP contribution in [0.25, 0.3) is 87.6 Å². The monoisotopic (exact) mass is 713 g/mol. The van der Waals surface area contributed by atoms with Gasteiger partial charge in [0.05, 0.1) is 0 Å². The normalized spacial score (nSPS) is 11.6. The van der Waals surface area contributed by atoms with Gasteiger partial charge in [0.15, 0.2) is 0 Å². The number of nitrogens with zero attached hydrogens (tertiary/aromatic N) is 1. The quantitative estimate of drug-likeness (QED) is 0.160. The molecule has 11 aromatic rings. The summed E-state index contributed by atoms with van der Waals surface area (Å²) in [5.74, 6) is 0. The summed E-state index contributed by atoms with van der Waals surface area (Å²) in [6, 6.07) is 76.6. The van der Waals surface area contributed by atoms with Crippen LogP contribution in [0.15, 0.2) is 217 Å². The van der Waals surface area contributed by atoms with Gasteiger partial charge in [0.1, 0.15) is 11.2 Å². The first kappa shape index (κ1) is 32.0. The van der Waals surface area contributed by atoms with Crippen LogP contribution in [0.3, 0.4) is 0 Å². The highest BCUT2D eigenvalue weighted by Gasteiger charge is 2.17.